The first kappa shape index (κ1) is 20.7. The van der Waals surface area contributed by atoms with Crippen molar-refractivity contribution in [3.8, 4) is 0 Å². The minimum Gasteiger partial charge on any atom is -0.477 e. The van der Waals surface area contributed by atoms with E-state index in [0.29, 0.717) is 17.7 Å². The van der Waals surface area contributed by atoms with Crippen molar-refractivity contribution in [1.82, 2.24) is 24.6 Å². The molecule has 2 aromatic heterocycles. The van der Waals surface area contributed by atoms with Crippen LogP contribution in [0.15, 0.2) is 45.2 Å². The smallest absolute Gasteiger partial charge is 0.353 e. The van der Waals surface area contributed by atoms with Gasteiger partial charge >= 0.3 is 5.97 Å². The molecule has 0 aliphatic carbocycles. The monoisotopic (exact) mass is 461 g/mol. The number of hydrogen-bond acceptors (Lipinski definition) is 11. The lowest BCUT2D eigenvalue weighted by Gasteiger charge is -2.50. The molecule has 4 rings (SSSR count). The Morgan fingerprint density at radius 2 is 2.23 bits per heavy atom. The zero-order valence-electron chi connectivity index (χ0n) is 15.6. The van der Waals surface area contributed by atoms with Crippen LogP contribution in [0.3, 0.4) is 0 Å². The summed E-state index contributed by atoms with van der Waals surface area (Å²) in [6.07, 6.45) is 4.08. The molecule has 12 nitrogen and oxygen atoms in total. The second-order valence-electron chi connectivity index (χ2n) is 6.54. The molecule has 0 spiro atoms. The summed E-state index contributed by atoms with van der Waals surface area (Å²) in [5, 5.41) is 24.4. The zero-order chi connectivity index (χ0) is 22.1. The average molecular weight is 461 g/mol. The summed E-state index contributed by atoms with van der Waals surface area (Å²) in [6.45, 7) is 0. The molecule has 2 aliphatic rings. The fourth-order valence-electron chi connectivity index (χ4n) is 3.41. The Bertz CT molecular complexity index is 1120. The molecule has 2 aromatic rings. The Morgan fingerprint density at radius 1 is 1.42 bits per heavy atom. The standard InChI is InChI=1S/C17H15N7O5S2/c18-17-21-13(23-31-17)11(22-29)14(25)20-10-8-3-4-9(30-7-2-1-5-19-6-7)12(16(27)28)24(8)15(10)26/h1-2,5-6,8,10,29H,3-4H2,(H,20,25)(H,27,28)(H2,18,21,23)/b22-11-. The maximum Gasteiger partial charge on any atom is 0.353 e. The fourth-order valence-corrected chi connectivity index (χ4v) is 4.89. The van der Waals surface area contributed by atoms with Crippen molar-refractivity contribution >= 4 is 51.9 Å². The number of nitrogens with zero attached hydrogens (tertiary/aromatic N) is 5. The highest BCUT2D eigenvalue weighted by Crippen LogP contribution is 2.42. The highest BCUT2D eigenvalue weighted by Gasteiger charge is 2.53. The minimum absolute atomic E-state index is 0.0806. The van der Waals surface area contributed by atoms with Crippen molar-refractivity contribution in [3.05, 3.63) is 41.0 Å². The number of fused-ring (bicyclic) bond motifs is 1. The van der Waals surface area contributed by atoms with Gasteiger partial charge in [-0.05, 0) is 25.0 Å². The topological polar surface area (TPSA) is 184 Å². The number of aliphatic carboxylic acids is 1. The highest BCUT2D eigenvalue weighted by molar-refractivity contribution is 8.03. The third kappa shape index (κ3) is 3.82. The molecule has 14 heteroatoms. The summed E-state index contributed by atoms with van der Waals surface area (Å²) in [5.41, 5.74) is 4.89. The number of oxime groups is 1. The van der Waals surface area contributed by atoms with Gasteiger partial charge in [0.25, 0.3) is 11.8 Å². The van der Waals surface area contributed by atoms with E-state index < -0.39 is 35.6 Å². The largest absolute Gasteiger partial charge is 0.477 e. The van der Waals surface area contributed by atoms with Gasteiger partial charge in [0, 0.05) is 33.7 Å². The minimum atomic E-state index is -1.23. The molecule has 31 heavy (non-hydrogen) atoms. The van der Waals surface area contributed by atoms with Gasteiger partial charge in [-0.15, -0.1) is 0 Å². The number of nitrogens with one attached hydrogen (secondary N) is 1. The first-order chi connectivity index (χ1) is 14.9. The van der Waals surface area contributed by atoms with Crippen LogP contribution < -0.4 is 11.1 Å². The maximum absolute atomic E-state index is 12.7. The SMILES string of the molecule is Nc1nc(/C(=N/O)C(=O)NC2C(=O)N3C(C(=O)O)=C(Sc4cccnc4)CCC23)ns1. The summed E-state index contributed by atoms with van der Waals surface area (Å²) in [6, 6.07) is 2.04. The number of nitrogen functional groups attached to an aromatic ring is 1. The number of thioether (sulfide) groups is 1. The van der Waals surface area contributed by atoms with Crippen LogP contribution in [0.1, 0.15) is 18.7 Å². The van der Waals surface area contributed by atoms with E-state index in [1.54, 1.807) is 24.5 Å². The van der Waals surface area contributed by atoms with Gasteiger partial charge < -0.3 is 21.4 Å². The van der Waals surface area contributed by atoms with Crippen LogP contribution in [0, 0.1) is 0 Å². The van der Waals surface area contributed by atoms with Gasteiger partial charge in [0.2, 0.25) is 11.5 Å². The van der Waals surface area contributed by atoms with Crippen molar-refractivity contribution in [2.75, 3.05) is 5.73 Å². The Balaban J connectivity index is 1.52. The van der Waals surface area contributed by atoms with E-state index in [2.05, 4.69) is 24.8 Å². The molecule has 1 saturated heterocycles. The Hall–Kier alpha value is -3.52. The summed E-state index contributed by atoms with van der Waals surface area (Å²) in [7, 11) is 0. The van der Waals surface area contributed by atoms with E-state index in [9.17, 15) is 24.7 Å². The lowest BCUT2D eigenvalue weighted by molar-refractivity contribution is -0.155. The summed E-state index contributed by atoms with van der Waals surface area (Å²) >= 11 is 2.06. The number of allylic oxidation sites excluding steroid dienone is 1. The van der Waals surface area contributed by atoms with Gasteiger partial charge in [-0.2, -0.15) is 9.36 Å². The molecular weight excluding hydrogens is 446 g/mol. The molecule has 5 N–H and O–H groups in total. The van der Waals surface area contributed by atoms with Crippen LogP contribution >= 0.6 is 23.3 Å². The second-order valence-corrected chi connectivity index (χ2v) is 8.49. The molecule has 2 atom stereocenters. The summed E-state index contributed by atoms with van der Waals surface area (Å²) < 4.78 is 3.81. The lowest BCUT2D eigenvalue weighted by atomic mass is 9.86. The van der Waals surface area contributed by atoms with Crippen LogP contribution in [0.4, 0.5) is 5.13 Å². The lowest BCUT2D eigenvalue weighted by Crippen LogP contribution is -2.72. The predicted molar refractivity (Wildman–Crippen MR) is 109 cm³/mol. The number of pyridine rings is 1. The van der Waals surface area contributed by atoms with E-state index in [4.69, 9.17) is 5.73 Å². The van der Waals surface area contributed by atoms with E-state index in [1.165, 1.54) is 16.7 Å². The number of carboxylic acids is 1. The van der Waals surface area contributed by atoms with Crippen LogP contribution in [-0.4, -0.2) is 65.1 Å². The summed E-state index contributed by atoms with van der Waals surface area (Å²) in [5.74, 6) is -2.83. The van der Waals surface area contributed by atoms with Crippen molar-refractivity contribution < 1.29 is 24.7 Å². The molecule has 2 aliphatic heterocycles. The van der Waals surface area contributed by atoms with Gasteiger partial charge in [-0.25, -0.2) is 4.79 Å². The van der Waals surface area contributed by atoms with E-state index in [0.717, 1.165) is 16.4 Å². The van der Waals surface area contributed by atoms with Gasteiger partial charge in [0.15, 0.2) is 5.13 Å². The first-order valence-corrected chi connectivity index (χ1v) is 10.5. The number of aromatic nitrogens is 3. The predicted octanol–water partition coefficient (Wildman–Crippen LogP) is 0.272. The number of rotatable bonds is 6. The van der Waals surface area contributed by atoms with Crippen molar-refractivity contribution in [1.29, 1.82) is 0 Å². The number of nitrogens with two attached hydrogens (primary N) is 1. The molecule has 2 unspecified atom stereocenters. The number of hydrogen-bond donors (Lipinski definition) is 4. The molecule has 0 aromatic carbocycles. The Labute approximate surface area is 183 Å². The average Bonchev–Trinajstić information content (AvgIpc) is 3.18. The number of carbonyl (C=O) groups is 3. The first-order valence-electron chi connectivity index (χ1n) is 8.90. The fraction of sp³-hybridized carbons (Fsp3) is 0.235. The van der Waals surface area contributed by atoms with Crippen molar-refractivity contribution in [2.45, 2.75) is 29.8 Å². The Morgan fingerprint density at radius 3 is 2.84 bits per heavy atom. The molecule has 0 saturated carbocycles. The molecule has 1 fully saturated rings. The van der Waals surface area contributed by atoms with E-state index in [1.807, 2.05) is 0 Å². The van der Waals surface area contributed by atoms with Crippen LogP contribution in [0.25, 0.3) is 0 Å². The molecule has 0 radical (unpaired) electrons. The summed E-state index contributed by atoms with van der Waals surface area (Å²) in [4.78, 5) is 47.4. The third-order valence-electron chi connectivity index (χ3n) is 4.73. The maximum atomic E-state index is 12.7. The zero-order valence-corrected chi connectivity index (χ0v) is 17.3. The highest BCUT2D eigenvalue weighted by atomic mass is 32.2. The van der Waals surface area contributed by atoms with Gasteiger partial charge in [-0.1, -0.05) is 16.9 Å². The molecular formula is C17H15N7O5S2. The number of carboxylic acid groups (broad SMARTS) is 1. The van der Waals surface area contributed by atoms with Crippen LogP contribution in [0.5, 0.6) is 0 Å². The molecule has 0 bridgehead atoms. The second kappa shape index (κ2) is 8.31. The molecule has 2 amide bonds. The van der Waals surface area contributed by atoms with Crippen molar-refractivity contribution in [3.63, 3.8) is 0 Å². The van der Waals surface area contributed by atoms with E-state index in [-0.39, 0.29) is 16.7 Å². The van der Waals surface area contributed by atoms with Gasteiger partial charge in [0.1, 0.15) is 11.7 Å². The molecule has 4 heterocycles. The number of β-lactam (4-membered cyclic amide) rings is 1. The number of amides is 2. The molecule has 160 valence electrons. The van der Waals surface area contributed by atoms with E-state index >= 15 is 0 Å². The van der Waals surface area contributed by atoms with Crippen LogP contribution in [0.2, 0.25) is 0 Å². The number of anilines is 1. The van der Waals surface area contributed by atoms with Gasteiger partial charge in [0.05, 0.1) is 6.04 Å². The Kier molecular flexibility index (Phi) is 5.56. The van der Waals surface area contributed by atoms with Crippen LogP contribution in [-0.2, 0) is 14.4 Å². The quantitative estimate of drug-likeness (QED) is 0.201. The van der Waals surface area contributed by atoms with Gasteiger partial charge in [-0.3, -0.25) is 19.5 Å². The third-order valence-corrected chi connectivity index (χ3v) is 6.39. The number of carbonyl (C=O) groups excluding carboxylic acids is 2. The van der Waals surface area contributed by atoms with Crippen molar-refractivity contribution in [2.24, 2.45) is 5.16 Å². The normalized spacial score (nSPS) is 20.8.